The Labute approximate surface area is 102 Å². The molecule has 0 unspecified atom stereocenters. The van der Waals surface area contributed by atoms with Crippen molar-refractivity contribution >= 4 is 11.6 Å². The number of pyridine rings is 1. The van der Waals surface area contributed by atoms with Crippen LogP contribution >= 0.6 is 11.6 Å². The first-order valence-corrected chi connectivity index (χ1v) is 6.25. The molecule has 1 aromatic heterocycles. The Balaban J connectivity index is 2.43. The second-order valence-corrected chi connectivity index (χ2v) is 4.09. The molecule has 1 heterocycles. The molecule has 0 radical (unpaired) electrons. The van der Waals surface area contributed by atoms with Gasteiger partial charge in [0.2, 0.25) is 0 Å². The van der Waals surface area contributed by atoms with E-state index in [1.165, 1.54) is 0 Å². The van der Waals surface area contributed by atoms with Gasteiger partial charge in [0, 0.05) is 31.2 Å². The molecule has 0 aromatic carbocycles. The smallest absolute Gasteiger partial charge is 0.250 e. The van der Waals surface area contributed by atoms with Crippen molar-refractivity contribution in [2.24, 2.45) is 0 Å². The molecule has 0 saturated heterocycles. The molecule has 0 bridgehead atoms. The van der Waals surface area contributed by atoms with Gasteiger partial charge in [-0.3, -0.25) is 4.79 Å². The highest BCUT2D eigenvalue weighted by atomic mass is 35.5. The largest absolute Gasteiger partial charge is 0.314 e. The third kappa shape index (κ3) is 4.37. The van der Waals surface area contributed by atoms with Gasteiger partial charge in [0.15, 0.2) is 0 Å². The summed E-state index contributed by atoms with van der Waals surface area (Å²) in [7, 11) is 0. The number of rotatable bonds is 7. The number of alkyl halides is 1. The average molecular weight is 243 g/mol. The summed E-state index contributed by atoms with van der Waals surface area (Å²) >= 11 is 5.66. The molecule has 4 heteroatoms. The Morgan fingerprint density at radius 2 is 2.19 bits per heavy atom. The Hall–Kier alpha value is -0.800. The van der Waals surface area contributed by atoms with Gasteiger partial charge in [-0.1, -0.05) is 13.0 Å². The molecule has 0 spiro atoms. The summed E-state index contributed by atoms with van der Waals surface area (Å²) in [6, 6.07) is 5.25. The Morgan fingerprint density at radius 1 is 1.38 bits per heavy atom. The van der Waals surface area contributed by atoms with Crippen molar-refractivity contribution in [3.63, 3.8) is 0 Å². The fraction of sp³-hybridized carbons (Fsp3) is 0.583. The van der Waals surface area contributed by atoms with E-state index >= 15 is 0 Å². The monoisotopic (exact) mass is 242 g/mol. The number of hydrogen-bond donors (Lipinski definition) is 0. The molecule has 1 aromatic rings. The molecule has 0 atom stereocenters. The van der Waals surface area contributed by atoms with Gasteiger partial charge in [0.25, 0.3) is 5.56 Å². The highest BCUT2D eigenvalue weighted by molar-refractivity contribution is 6.17. The molecular formula is C12H19ClN2O. The van der Waals surface area contributed by atoms with E-state index < -0.39 is 0 Å². The molecule has 0 aliphatic heterocycles. The van der Waals surface area contributed by atoms with E-state index in [0.29, 0.717) is 5.88 Å². The van der Waals surface area contributed by atoms with Crippen LogP contribution in [0.4, 0.5) is 0 Å². The molecule has 1 rings (SSSR count). The highest BCUT2D eigenvalue weighted by Gasteiger charge is 2.02. The van der Waals surface area contributed by atoms with Gasteiger partial charge in [0.05, 0.1) is 0 Å². The van der Waals surface area contributed by atoms with Crippen LogP contribution in [0.2, 0.25) is 0 Å². The van der Waals surface area contributed by atoms with Crippen LogP contribution in [0.3, 0.4) is 0 Å². The predicted octanol–water partition coefficient (Wildman–Crippen LogP) is 1.80. The third-order valence-corrected chi connectivity index (χ3v) is 2.88. The van der Waals surface area contributed by atoms with E-state index in [-0.39, 0.29) is 5.56 Å². The van der Waals surface area contributed by atoms with E-state index in [1.54, 1.807) is 16.7 Å². The first kappa shape index (κ1) is 13.3. The SMILES string of the molecule is CCN(CCCCl)CCn1ccccc1=O. The first-order chi connectivity index (χ1) is 7.77. The number of hydrogen-bond acceptors (Lipinski definition) is 2. The van der Waals surface area contributed by atoms with Gasteiger partial charge < -0.3 is 9.47 Å². The van der Waals surface area contributed by atoms with Gasteiger partial charge >= 0.3 is 0 Å². The maximum absolute atomic E-state index is 11.5. The van der Waals surface area contributed by atoms with Crippen molar-refractivity contribution in [2.45, 2.75) is 19.9 Å². The normalized spacial score (nSPS) is 10.9. The lowest BCUT2D eigenvalue weighted by Gasteiger charge is -2.20. The Morgan fingerprint density at radius 3 is 2.81 bits per heavy atom. The molecule has 0 N–H and O–H groups in total. The zero-order valence-electron chi connectivity index (χ0n) is 9.73. The van der Waals surface area contributed by atoms with Gasteiger partial charge in [-0.25, -0.2) is 0 Å². The summed E-state index contributed by atoms with van der Waals surface area (Å²) in [5, 5.41) is 0. The summed E-state index contributed by atoms with van der Waals surface area (Å²) in [5.41, 5.74) is 0.0656. The van der Waals surface area contributed by atoms with Crippen molar-refractivity contribution < 1.29 is 0 Å². The van der Waals surface area contributed by atoms with Gasteiger partial charge in [0.1, 0.15) is 0 Å². The van der Waals surface area contributed by atoms with Crippen molar-refractivity contribution in [1.29, 1.82) is 0 Å². The summed E-state index contributed by atoms with van der Waals surface area (Å²) in [6.45, 7) is 5.77. The Kier molecular flexibility index (Phi) is 6.19. The van der Waals surface area contributed by atoms with Crippen molar-refractivity contribution in [1.82, 2.24) is 9.47 Å². The summed E-state index contributed by atoms with van der Waals surface area (Å²) < 4.78 is 1.74. The maximum Gasteiger partial charge on any atom is 0.250 e. The van der Waals surface area contributed by atoms with Crippen LogP contribution < -0.4 is 5.56 Å². The van der Waals surface area contributed by atoms with Gasteiger partial charge in [-0.15, -0.1) is 11.6 Å². The van der Waals surface area contributed by atoms with E-state index in [1.807, 2.05) is 12.3 Å². The molecule has 0 saturated carbocycles. The van der Waals surface area contributed by atoms with Crippen molar-refractivity contribution in [3.05, 3.63) is 34.7 Å². The second kappa shape index (κ2) is 7.47. The Bertz CT molecular complexity index is 351. The fourth-order valence-corrected chi connectivity index (χ4v) is 1.73. The van der Waals surface area contributed by atoms with Crippen LogP contribution in [0, 0.1) is 0 Å². The minimum Gasteiger partial charge on any atom is -0.314 e. The minimum absolute atomic E-state index is 0.0656. The average Bonchev–Trinajstić information content (AvgIpc) is 2.31. The van der Waals surface area contributed by atoms with Crippen molar-refractivity contribution in [3.8, 4) is 0 Å². The molecule has 3 nitrogen and oxygen atoms in total. The first-order valence-electron chi connectivity index (χ1n) is 5.71. The lowest BCUT2D eigenvalue weighted by Crippen LogP contribution is -2.31. The van der Waals surface area contributed by atoms with E-state index in [2.05, 4.69) is 11.8 Å². The van der Waals surface area contributed by atoms with Crippen LogP contribution in [-0.4, -0.2) is 35.0 Å². The van der Waals surface area contributed by atoms with E-state index in [9.17, 15) is 4.79 Å². The predicted molar refractivity (Wildman–Crippen MR) is 68.2 cm³/mol. The zero-order valence-corrected chi connectivity index (χ0v) is 10.5. The molecule has 0 fully saturated rings. The number of aromatic nitrogens is 1. The molecular weight excluding hydrogens is 224 g/mol. The zero-order chi connectivity index (χ0) is 11.8. The van der Waals surface area contributed by atoms with E-state index in [0.717, 1.165) is 32.6 Å². The molecule has 16 heavy (non-hydrogen) atoms. The van der Waals surface area contributed by atoms with Crippen molar-refractivity contribution in [2.75, 3.05) is 25.5 Å². The standard InChI is InChI=1S/C12H19ClN2O/c1-2-14(8-5-7-13)10-11-15-9-4-3-6-12(15)16/h3-4,6,9H,2,5,7-8,10-11H2,1H3. The number of nitrogens with zero attached hydrogens (tertiary/aromatic N) is 2. The highest BCUT2D eigenvalue weighted by Crippen LogP contribution is 1.94. The number of halogens is 1. The van der Waals surface area contributed by atoms with Crippen LogP contribution in [0.1, 0.15) is 13.3 Å². The van der Waals surface area contributed by atoms with Crippen LogP contribution in [-0.2, 0) is 6.54 Å². The molecule has 0 aliphatic rings. The lowest BCUT2D eigenvalue weighted by atomic mass is 10.4. The lowest BCUT2D eigenvalue weighted by molar-refractivity contribution is 0.276. The van der Waals surface area contributed by atoms with E-state index in [4.69, 9.17) is 11.6 Å². The summed E-state index contributed by atoms with van der Waals surface area (Å²) in [4.78, 5) is 13.8. The summed E-state index contributed by atoms with van der Waals surface area (Å²) in [6.07, 6.45) is 2.83. The number of likely N-dealkylation sites (N-methyl/N-ethyl adjacent to an activating group) is 1. The maximum atomic E-state index is 11.5. The van der Waals surface area contributed by atoms with Crippen LogP contribution in [0.25, 0.3) is 0 Å². The second-order valence-electron chi connectivity index (χ2n) is 3.71. The van der Waals surface area contributed by atoms with Gasteiger partial charge in [-0.2, -0.15) is 0 Å². The molecule has 0 aliphatic carbocycles. The third-order valence-electron chi connectivity index (χ3n) is 2.61. The molecule has 90 valence electrons. The van der Waals surface area contributed by atoms with Gasteiger partial charge in [-0.05, 0) is 25.6 Å². The minimum atomic E-state index is 0.0656. The van der Waals surface area contributed by atoms with Crippen LogP contribution in [0.15, 0.2) is 29.2 Å². The topological polar surface area (TPSA) is 25.2 Å². The summed E-state index contributed by atoms with van der Waals surface area (Å²) in [5.74, 6) is 0.696. The quantitative estimate of drug-likeness (QED) is 0.682. The molecule has 0 amide bonds. The van der Waals surface area contributed by atoms with Crippen LogP contribution in [0.5, 0.6) is 0 Å². The fourth-order valence-electron chi connectivity index (χ4n) is 1.61.